The first kappa shape index (κ1) is 19.7. The molecule has 1 aliphatic heterocycles. The molecule has 5 rings (SSSR count). The molecule has 0 spiro atoms. The zero-order valence-electron chi connectivity index (χ0n) is 18.3. The third-order valence-corrected chi connectivity index (χ3v) is 6.61. The number of carbonyl (C=O) groups is 2. The molecular formula is C28H27NO2. The van der Waals surface area contributed by atoms with Crippen molar-refractivity contribution in [2.75, 3.05) is 4.90 Å². The van der Waals surface area contributed by atoms with Gasteiger partial charge in [0.25, 0.3) is 0 Å². The molecule has 0 saturated heterocycles. The van der Waals surface area contributed by atoms with E-state index >= 15 is 0 Å². The van der Waals surface area contributed by atoms with Gasteiger partial charge in [-0.3, -0.25) is 14.5 Å². The number of fused-ring (bicyclic) bond motifs is 1. The molecule has 1 heterocycles. The molecule has 3 heteroatoms. The molecule has 3 aromatic rings. The van der Waals surface area contributed by atoms with E-state index in [0.717, 1.165) is 39.9 Å². The number of hydrogen-bond acceptors (Lipinski definition) is 2. The minimum atomic E-state index is -0.183. The van der Waals surface area contributed by atoms with Crippen LogP contribution in [-0.4, -0.2) is 11.7 Å². The molecule has 3 nitrogen and oxygen atoms in total. The Kier molecular flexibility index (Phi) is 4.58. The number of rotatable bonds is 2. The predicted molar refractivity (Wildman–Crippen MR) is 125 cm³/mol. The van der Waals surface area contributed by atoms with Gasteiger partial charge in [-0.25, -0.2) is 0 Å². The number of anilines is 1. The van der Waals surface area contributed by atoms with Gasteiger partial charge in [-0.2, -0.15) is 0 Å². The summed E-state index contributed by atoms with van der Waals surface area (Å²) in [6.45, 7) is 6.27. The van der Waals surface area contributed by atoms with Gasteiger partial charge in [-0.15, -0.1) is 0 Å². The van der Waals surface area contributed by atoms with Gasteiger partial charge in [0.15, 0.2) is 5.78 Å². The van der Waals surface area contributed by atoms with Gasteiger partial charge >= 0.3 is 0 Å². The maximum Gasteiger partial charge on any atom is 0.232 e. The second-order valence-corrected chi connectivity index (χ2v) is 9.73. The summed E-state index contributed by atoms with van der Waals surface area (Å²) in [4.78, 5) is 28.7. The van der Waals surface area contributed by atoms with Crippen LogP contribution < -0.4 is 4.90 Å². The van der Waals surface area contributed by atoms with Crippen LogP contribution in [0.2, 0.25) is 0 Å². The molecule has 0 N–H and O–H groups in total. The molecule has 1 unspecified atom stereocenters. The molecular weight excluding hydrogens is 382 g/mol. The molecule has 156 valence electrons. The fourth-order valence-electron chi connectivity index (χ4n) is 5.12. The van der Waals surface area contributed by atoms with Gasteiger partial charge in [0.1, 0.15) is 0 Å². The largest absolute Gasteiger partial charge is 0.294 e. The zero-order valence-corrected chi connectivity index (χ0v) is 18.3. The summed E-state index contributed by atoms with van der Waals surface area (Å²) >= 11 is 0. The Morgan fingerprint density at radius 2 is 1.58 bits per heavy atom. The first-order valence-corrected chi connectivity index (χ1v) is 11.0. The first-order valence-electron chi connectivity index (χ1n) is 11.0. The average Bonchev–Trinajstić information content (AvgIpc) is 2.73. The Labute approximate surface area is 183 Å². The fourth-order valence-corrected chi connectivity index (χ4v) is 5.12. The number of carbonyl (C=O) groups excluding carboxylic acids is 2. The SMILES string of the molecule is Cc1ccc(N2C(=O)CC(c3ccc4ccccc4c3)C3=C2CC(C)(C)CC3=O)cc1. The van der Waals surface area contributed by atoms with Crippen LogP contribution in [0.1, 0.15) is 50.2 Å². The van der Waals surface area contributed by atoms with E-state index in [1.165, 1.54) is 5.39 Å². The number of benzene rings is 3. The van der Waals surface area contributed by atoms with Crippen LogP contribution in [0, 0.1) is 12.3 Å². The standard InChI is InChI=1S/C28H27NO2/c1-18-8-12-22(13-9-18)29-24-16-28(2,3)17-25(30)27(24)23(15-26(29)31)21-11-10-19-6-4-5-7-20(19)14-21/h4-14,23H,15-17H2,1-3H3. The van der Waals surface area contributed by atoms with Crippen LogP contribution in [0.4, 0.5) is 5.69 Å². The van der Waals surface area contributed by atoms with E-state index in [0.29, 0.717) is 12.8 Å². The van der Waals surface area contributed by atoms with Crippen molar-refractivity contribution in [1.29, 1.82) is 0 Å². The summed E-state index contributed by atoms with van der Waals surface area (Å²) in [5.74, 6) is 0.0534. The molecule has 0 radical (unpaired) electrons. The van der Waals surface area contributed by atoms with Crippen molar-refractivity contribution in [3.63, 3.8) is 0 Å². The minimum absolute atomic E-state index is 0.0614. The molecule has 31 heavy (non-hydrogen) atoms. The predicted octanol–water partition coefficient (Wildman–Crippen LogP) is 6.31. The van der Waals surface area contributed by atoms with Crippen LogP contribution in [-0.2, 0) is 9.59 Å². The lowest BCUT2D eigenvalue weighted by Gasteiger charge is -2.43. The number of ketones is 1. The van der Waals surface area contributed by atoms with Crippen molar-refractivity contribution < 1.29 is 9.59 Å². The van der Waals surface area contributed by atoms with Crippen molar-refractivity contribution in [3.05, 3.63) is 89.1 Å². The Bertz CT molecular complexity index is 1230. The number of aryl methyl sites for hydroxylation is 1. The topological polar surface area (TPSA) is 37.4 Å². The number of nitrogens with zero attached hydrogens (tertiary/aromatic N) is 1. The molecule has 0 aromatic heterocycles. The van der Waals surface area contributed by atoms with Gasteiger partial charge in [0.2, 0.25) is 5.91 Å². The van der Waals surface area contributed by atoms with Gasteiger partial charge in [-0.05, 0) is 47.2 Å². The van der Waals surface area contributed by atoms with E-state index < -0.39 is 0 Å². The first-order chi connectivity index (χ1) is 14.8. The zero-order chi connectivity index (χ0) is 21.8. The molecule has 3 aromatic carbocycles. The maximum absolute atomic E-state index is 13.5. The number of hydrogen-bond donors (Lipinski definition) is 0. The number of amides is 1. The highest BCUT2D eigenvalue weighted by Gasteiger charge is 2.44. The Hall–Kier alpha value is -3.20. The van der Waals surface area contributed by atoms with Crippen molar-refractivity contribution in [3.8, 4) is 0 Å². The molecule has 0 saturated carbocycles. The summed E-state index contributed by atoms with van der Waals surface area (Å²) in [5, 5.41) is 2.30. The van der Waals surface area contributed by atoms with Gasteiger partial charge in [0, 0.05) is 35.7 Å². The third kappa shape index (κ3) is 3.48. The fraction of sp³-hybridized carbons (Fsp3) is 0.286. The summed E-state index contributed by atoms with van der Waals surface area (Å²) in [6, 6.07) is 22.6. The quantitative estimate of drug-likeness (QED) is 0.497. The second kappa shape index (κ2) is 7.19. The summed E-state index contributed by atoms with van der Waals surface area (Å²) < 4.78 is 0. The molecule has 0 fully saturated rings. The van der Waals surface area contributed by atoms with Crippen LogP contribution in [0.3, 0.4) is 0 Å². The van der Waals surface area contributed by atoms with E-state index in [-0.39, 0.29) is 23.0 Å². The second-order valence-electron chi connectivity index (χ2n) is 9.73. The van der Waals surface area contributed by atoms with Crippen molar-refractivity contribution >= 4 is 28.2 Å². The van der Waals surface area contributed by atoms with E-state index in [1.54, 1.807) is 0 Å². The van der Waals surface area contributed by atoms with Gasteiger partial charge in [0.05, 0.1) is 0 Å². The van der Waals surface area contributed by atoms with Crippen molar-refractivity contribution in [2.45, 2.75) is 46.0 Å². The maximum atomic E-state index is 13.5. The van der Waals surface area contributed by atoms with E-state index in [2.05, 4.69) is 44.2 Å². The lowest BCUT2D eigenvalue weighted by molar-refractivity contribution is -0.121. The summed E-state index contributed by atoms with van der Waals surface area (Å²) in [7, 11) is 0. The summed E-state index contributed by atoms with van der Waals surface area (Å²) in [6.07, 6.45) is 1.56. The third-order valence-electron chi connectivity index (χ3n) is 6.61. The highest BCUT2D eigenvalue weighted by Crippen LogP contribution is 2.48. The minimum Gasteiger partial charge on any atom is -0.294 e. The Balaban J connectivity index is 1.68. The highest BCUT2D eigenvalue weighted by molar-refractivity contribution is 6.08. The Morgan fingerprint density at radius 1 is 0.871 bits per heavy atom. The monoisotopic (exact) mass is 409 g/mol. The van der Waals surface area contributed by atoms with Gasteiger partial charge in [-0.1, -0.05) is 74.0 Å². The van der Waals surface area contributed by atoms with Crippen LogP contribution in [0.25, 0.3) is 10.8 Å². The van der Waals surface area contributed by atoms with E-state index in [4.69, 9.17) is 0 Å². The molecule has 1 atom stereocenters. The van der Waals surface area contributed by atoms with Crippen molar-refractivity contribution in [2.24, 2.45) is 5.41 Å². The van der Waals surface area contributed by atoms with Gasteiger partial charge < -0.3 is 0 Å². The number of allylic oxidation sites excluding steroid dienone is 2. The normalized spacial score (nSPS) is 20.9. The van der Waals surface area contributed by atoms with E-state index in [9.17, 15) is 9.59 Å². The molecule has 1 amide bonds. The van der Waals surface area contributed by atoms with Crippen molar-refractivity contribution in [1.82, 2.24) is 0 Å². The summed E-state index contributed by atoms with van der Waals surface area (Å²) in [5.41, 5.74) is 4.61. The molecule has 0 bridgehead atoms. The van der Waals surface area contributed by atoms with Crippen LogP contribution in [0.15, 0.2) is 78.0 Å². The Morgan fingerprint density at radius 3 is 2.32 bits per heavy atom. The molecule has 2 aliphatic rings. The highest BCUT2D eigenvalue weighted by atomic mass is 16.2. The lowest BCUT2D eigenvalue weighted by atomic mass is 9.69. The van der Waals surface area contributed by atoms with Crippen LogP contribution >= 0.6 is 0 Å². The lowest BCUT2D eigenvalue weighted by Crippen LogP contribution is -2.43. The van der Waals surface area contributed by atoms with E-state index in [1.807, 2.05) is 48.2 Å². The molecule has 1 aliphatic carbocycles. The number of Topliss-reactive ketones (excluding diaryl/α,β-unsaturated/α-hetero) is 1. The van der Waals surface area contributed by atoms with Crippen LogP contribution in [0.5, 0.6) is 0 Å². The smallest absolute Gasteiger partial charge is 0.232 e. The average molecular weight is 410 g/mol.